The van der Waals surface area contributed by atoms with E-state index in [9.17, 15) is 4.79 Å². The van der Waals surface area contributed by atoms with Gasteiger partial charge in [-0.2, -0.15) is 0 Å². The van der Waals surface area contributed by atoms with Gasteiger partial charge in [0.05, 0.1) is 6.04 Å². The molecule has 0 saturated carbocycles. The first-order valence-electron chi connectivity index (χ1n) is 9.39. The van der Waals surface area contributed by atoms with Gasteiger partial charge in [-0.1, -0.05) is 48.2 Å². The van der Waals surface area contributed by atoms with Gasteiger partial charge in [-0.15, -0.1) is 0 Å². The van der Waals surface area contributed by atoms with Gasteiger partial charge in [-0.3, -0.25) is 9.36 Å². The summed E-state index contributed by atoms with van der Waals surface area (Å²) in [4.78, 5) is 22.1. The van der Waals surface area contributed by atoms with E-state index in [0.29, 0.717) is 5.56 Å². The second-order valence-electron chi connectivity index (χ2n) is 7.02. The van der Waals surface area contributed by atoms with E-state index in [1.165, 1.54) is 5.56 Å². The number of aromatic nitrogens is 2. The second-order valence-corrected chi connectivity index (χ2v) is 7.79. The van der Waals surface area contributed by atoms with Gasteiger partial charge >= 0.3 is 0 Å². The maximum atomic E-state index is 13.4. The van der Waals surface area contributed by atoms with Crippen molar-refractivity contribution < 1.29 is 4.79 Å². The molecule has 2 aromatic carbocycles. The summed E-state index contributed by atoms with van der Waals surface area (Å²) in [6.07, 6.45) is 5.72. The summed E-state index contributed by atoms with van der Waals surface area (Å²) in [6.45, 7) is 2.45. The fourth-order valence-electron chi connectivity index (χ4n) is 3.71. The zero-order valence-electron chi connectivity index (χ0n) is 16.2. The zero-order chi connectivity index (χ0) is 19.5. The Bertz CT molecular complexity index is 956. The molecule has 1 fully saturated rings. The van der Waals surface area contributed by atoms with Gasteiger partial charge in [0.15, 0.2) is 5.16 Å². The molecule has 0 N–H and O–H groups in total. The highest BCUT2D eigenvalue weighted by Crippen LogP contribution is 2.27. The van der Waals surface area contributed by atoms with Crippen molar-refractivity contribution in [2.24, 2.45) is 0 Å². The Hall–Kier alpha value is -2.57. The molecule has 1 aliphatic rings. The zero-order valence-corrected chi connectivity index (χ0v) is 17.0. The highest BCUT2D eigenvalue weighted by molar-refractivity contribution is 7.98. The number of benzene rings is 2. The maximum Gasteiger partial charge on any atom is 0.254 e. The van der Waals surface area contributed by atoms with Crippen LogP contribution in [0.3, 0.4) is 0 Å². The molecule has 0 aliphatic carbocycles. The van der Waals surface area contributed by atoms with Crippen LogP contribution in [-0.2, 0) is 0 Å². The Morgan fingerprint density at radius 2 is 1.93 bits per heavy atom. The number of piperazine rings is 1. The SMILES string of the molecule is CSc1nccn1-c1cccc(C(=O)N2CCN(C)CC2c2ccccc2)c1. The number of thioether (sulfide) groups is 1. The number of likely N-dealkylation sites (N-methyl/N-ethyl adjacent to an activating group) is 1. The molecule has 144 valence electrons. The molecule has 1 saturated heterocycles. The van der Waals surface area contributed by atoms with Crippen molar-refractivity contribution in [3.05, 3.63) is 78.1 Å². The largest absolute Gasteiger partial charge is 0.329 e. The minimum absolute atomic E-state index is 0.0612. The van der Waals surface area contributed by atoms with E-state index in [-0.39, 0.29) is 11.9 Å². The van der Waals surface area contributed by atoms with E-state index in [0.717, 1.165) is 30.5 Å². The van der Waals surface area contributed by atoms with Crippen molar-refractivity contribution in [1.82, 2.24) is 19.4 Å². The first-order valence-corrected chi connectivity index (χ1v) is 10.6. The lowest BCUT2D eigenvalue weighted by Gasteiger charge is -2.40. The summed E-state index contributed by atoms with van der Waals surface area (Å²) in [5.41, 5.74) is 2.85. The summed E-state index contributed by atoms with van der Waals surface area (Å²) in [7, 11) is 2.11. The third kappa shape index (κ3) is 3.70. The van der Waals surface area contributed by atoms with Crippen LogP contribution in [0.2, 0.25) is 0 Å². The summed E-state index contributed by atoms with van der Waals surface area (Å²) in [6, 6.07) is 18.2. The molecule has 3 aromatic rings. The van der Waals surface area contributed by atoms with E-state index in [2.05, 4.69) is 29.1 Å². The molecule has 0 radical (unpaired) electrons. The number of carbonyl (C=O) groups is 1. The minimum Gasteiger partial charge on any atom is -0.329 e. The molecule has 2 heterocycles. The molecule has 1 amide bonds. The van der Waals surface area contributed by atoms with Crippen molar-refractivity contribution in [3.63, 3.8) is 0 Å². The van der Waals surface area contributed by atoms with Crippen molar-refractivity contribution in [3.8, 4) is 5.69 Å². The first-order chi connectivity index (χ1) is 13.7. The Labute approximate surface area is 170 Å². The number of imidazole rings is 1. The molecule has 1 aromatic heterocycles. The van der Waals surface area contributed by atoms with Crippen LogP contribution in [0, 0.1) is 0 Å². The fraction of sp³-hybridized carbons (Fsp3) is 0.273. The van der Waals surface area contributed by atoms with E-state index in [4.69, 9.17) is 0 Å². The quantitative estimate of drug-likeness (QED) is 0.635. The van der Waals surface area contributed by atoms with Crippen molar-refractivity contribution in [2.45, 2.75) is 11.2 Å². The summed E-state index contributed by atoms with van der Waals surface area (Å²) in [5.74, 6) is 0.0784. The van der Waals surface area contributed by atoms with Crippen LogP contribution in [0.25, 0.3) is 5.69 Å². The first kappa shape index (κ1) is 18.8. The van der Waals surface area contributed by atoms with Crippen molar-refractivity contribution >= 4 is 17.7 Å². The van der Waals surface area contributed by atoms with E-state index < -0.39 is 0 Å². The maximum absolute atomic E-state index is 13.4. The van der Waals surface area contributed by atoms with Crippen LogP contribution in [-0.4, -0.2) is 58.2 Å². The molecule has 1 aliphatic heterocycles. The molecule has 1 unspecified atom stereocenters. The van der Waals surface area contributed by atoms with E-state index >= 15 is 0 Å². The predicted molar refractivity (Wildman–Crippen MR) is 113 cm³/mol. The Morgan fingerprint density at radius 3 is 2.71 bits per heavy atom. The van der Waals surface area contributed by atoms with Gasteiger partial charge in [-0.25, -0.2) is 4.98 Å². The third-order valence-corrected chi connectivity index (χ3v) is 5.86. The normalized spacial score (nSPS) is 17.6. The number of amides is 1. The molecule has 1 atom stereocenters. The molecule has 28 heavy (non-hydrogen) atoms. The Kier molecular flexibility index (Phi) is 5.50. The van der Waals surface area contributed by atoms with Gasteiger partial charge in [0.2, 0.25) is 0 Å². The van der Waals surface area contributed by atoms with Crippen LogP contribution in [0.1, 0.15) is 22.0 Å². The molecule has 0 spiro atoms. The number of hydrogen-bond donors (Lipinski definition) is 0. The monoisotopic (exact) mass is 392 g/mol. The lowest BCUT2D eigenvalue weighted by Crippen LogP contribution is -2.49. The van der Waals surface area contributed by atoms with Gasteiger partial charge < -0.3 is 9.80 Å². The second kappa shape index (κ2) is 8.20. The topological polar surface area (TPSA) is 41.4 Å². The third-order valence-electron chi connectivity index (χ3n) is 5.19. The molecule has 0 bridgehead atoms. The van der Waals surface area contributed by atoms with Gasteiger partial charge in [0, 0.05) is 43.3 Å². The van der Waals surface area contributed by atoms with Gasteiger partial charge in [0.25, 0.3) is 5.91 Å². The number of carbonyl (C=O) groups excluding carboxylic acids is 1. The number of hydrogen-bond acceptors (Lipinski definition) is 4. The number of nitrogens with zero attached hydrogens (tertiary/aromatic N) is 4. The summed E-state index contributed by atoms with van der Waals surface area (Å²) in [5, 5.41) is 0.909. The van der Waals surface area contributed by atoms with Gasteiger partial charge in [-0.05, 0) is 37.1 Å². The van der Waals surface area contributed by atoms with Crippen LogP contribution in [0.15, 0.2) is 72.1 Å². The smallest absolute Gasteiger partial charge is 0.254 e. The standard InChI is InChI=1S/C22H24N4OS/c1-24-13-14-26(20(16-24)17-7-4-3-5-8-17)21(27)18-9-6-10-19(15-18)25-12-11-23-22(25)28-2/h3-12,15,20H,13-14,16H2,1-2H3. The number of rotatable bonds is 4. The van der Waals surface area contributed by atoms with Crippen molar-refractivity contribution in [2.75, 3.05) is 32.9 Å². The van der Waals surface area contributed by atoms with E-state index in [1.54, 1.807) is 18.0 Å². The average Bonchev–Trinajstić information content (AvgIpc) is 3.23. The van der Waals surface area contributed by atoms with Crippen LogP contribution < -0.4 is 0 Å². The highest BCUT2D eigenvalue weighted by Gasteiger charge is 2.30. The van der Waals surface area contributed by atoms with Gasteiger partial charge in [0.1, 0.15) is 0 Å². The van der Waals surface area contributed by atoms with Crippen LogP contribution >= 0.6 is 11.8 Å². The molecule has 5 nitrogen and oxygen atoms in total. The lowest BCUT2D eigenvalue weighted by molar-refractivity contribution is 0.0498. The molecule has 6 heteroatoms. The fourth-order valence-corrected chi connectivity index (χ4v) is 4.24. The van der Waals surface area contributed by atoms with Crippen LogP contribution in [0.5, 0.6) is 0 Å². The molecular weight excluding hydrogens is 368 g/mol. The predicted octanol–water partition coefficient (Wildman–Crippen LogP) is 3.72. The Morgan fingerprint density at radius 1 is 1.11 bits per heavy atom. The van der Waals surface area contributed by atoms with Crippen molar-refractivity contribution in [1.29, 1.82) is 0 Å². The molecule has 4 rings (SSSR count). The average molecular weight is 393 g/mol. The summed E-state index contributed by atoms with van der Waals surface area (Å²) >= 11 is 1.59. The Balaban J connectivity index is 1.65. The molecular formula is C22H24N4OS. The highest BCUT2D eigenvalue weighted by atomic mass is 32.2. The summed E-state index contributed by atoms with van der Waals surface area (Å²) < 4.78 is 2.01. The minimum atomic E-state index is 0.0612. The van der Waals surface area contributed by atoms with E-state index in [1.807, 2.05) is 64.4 Å². The van der Waals surface area contributed by atoms with Crippen LogP contribution in [0.4, 0.5) is 0 Å². The lowest BCUT2D eigenvalue weighted by atomic mass is 10.0.